The zero-order chi connectivity index (χ0) is 9.54. The van der Waals surface area contributed by atoms with Gasteiger partial charge in [0.1, 0.15) is 5.78 Å². The first kappa shape index (κ1) is 8.21. The Balaban J connectivity index is 1.75. The van der Waals surface area contributed by atoms with Crippen molar-refractivity contribution >= 4 is 5.78 Å². The molecule has 0 amide bonds. The third-order valence-corrected chi connectivity index (χ3v) is 3.78. The summed E-state index contributed by atoms with van der Waals surface area (Å²) in [5.74, 6) is 2.43. The van der Waals surface area contributed by atoms with E-state index in [0.717, 1.165) is 12.8 Å². The molecule has 3 nitrogen and oxygen atoms in total. The van der Waals surface area contributed by atoms with Gasteiger partial charge in [-0.05, 0) is 24.7 Å². The highest BCUT2D eigenvalue weighted by Crippen LogP contribution is 2.48. The van der Waals surface area contributed by atoms with Gasteiger partial charge in [0.05, 0.1) is 6.33 Å². The highest BCUT2D eigenvalue weighted by molar-refractivity contribution is 5.81. The predicted molar refractivity (Wildman–Crippen MR) is 51.8 cm³/mol. The fourth-order valence-electron chi connectivity index (χ4n) is 3.12. The van der Waals surface area contributed by atoms with Crippen molar-refractivity contribution in [2.45, 2.75) is 31.6 Å². The van der Waals surface area contributed by atoms with Crippen LogP contribution in [0.25, 0.3) is 0 Å². The molecule has 1 aromatic heterocycles. The van der Waals surface area contributed by atoms with Crippen molar-refractivity contribution in [2.24, 2.45) is 11.8 Å². The lowest BCUT2D eigenvalue weighted by molar-refractivity contribution is -0.117. The van der Waals surface area contributed by atoms with E-state index in [-0.39, 0.29) is 0 Å². The van der Waals surface area contributed by atoms with E-state index in [1.807, 2.05) is 6.20 Å². The number of fused-ring (bicyclic) bond motifs is 1. The molecule has 14 heavy (non-hydrogen) atoms. The number of H-pyrrole nitrogens is 1. The maximum atomic E-state index is 11.2. The second kappa shape index (κ2) is 2.94. The number of Topliss-reactive ketones (excluding diaryl/α,β-unsaturated/α-hetero) is 1. The van der Waals surface area contributed by atoms with Gasteiger partial charge >= 0.3 is 0 Å². The molecule has 0 radical (unpaired) electrons. The average molecular weight is 190 g/mol. The van der Waals surface area contributed by atoms with Crippen molar-refractivity contribution in [3.63, 3.8) is 0 Å². The molecule has 0 aliphatic heterocycles. The first-order valence-corrected chi connectivity index (χ1v) is 5.33. The summed E-state index contributed by atoms with van der Waals surface area (Å²) in [7, 11) is 0. The van der Waals surface area contributed by atoms with Crippen LogP contribution in [0.15, 0.2) is 12.5 Å². The molecule has 2 aliphatic carbocycles. The van der Waals surface area contributed by atoms with Crippen molar-refractivity contribution in [3.05, 3.63) is 18.2 Å². The topological polar surface area (TPSA) is 45.8 Å². The smallest absolute Gasteiger partial charge is 0.133 e. The number of carbonyl (C=O) groups excluding carboxylic acids is 1. The predicted octanol–water partition coefficient (Wildman–Crippen LogP) is 1.88. The van der Waals surface area contributed by atoms with Gasteiger partial charge in [-0.25, -0.2) is 4.98 Å². The van der Waals surface area contributed by atoms with Crippen molar-refractivity contribution in [3.8, 4) is 0 Å². The lowest BCUT2D eigenvalue weighted by Crippen LogP contribution is -1.98. The number of ketones is 1. The summed E-state index contributed by atoms with van der Waals surface area (Å²) in [6.07, 6.45) is 7.68. The molecule has 3 rings (SSSR count). The van der Waals surface area contributed by atoms with E-state index in [9.17, 15) is 4.79 Å². The van der Waals surface area contributed by atoms with Crippen molar-refractivity contribution in [1.82, 2.24) is 9.97 Å². The molecule has 0 saturated heterocycles. The molecule has 1 aromatic rings. The number of carbonyl (C=O) groups is 1. The Kier molecular flexibility index (Phi) is 1.72. The van der Waals surface area contributed by atoms with Gasteiger partial charge in [-0.1, -0.05) is 0 Å². The molecule has 1 N–H and O–H groups in total. The van der Waals surface area contributed by atoms with Crippen LogP contribution in [-0.4, -0.2) is 15.8 Å². The largest absolute Gasteiger partial charge is 0.348 e. The van der Waals surface area contributed by atoms with E-state index in [2.05, 4.69) is 9.97 Å². The maximum absolute atomic E-state index is 11.2. The lowest BCUT2D eigenvalue weighted by atomic mass is 10.0. The minimum absolute atomic E-state index is 0.475. The van der Waals surface area contributed by atoms with Crippen LogP contribution in [0.1, 0.15) is 37.3 Å². The van der Waals surface area contributed by atoms with Gasteiger partial charge in [0.25, 0.3) is 0 Å². The minimum Gasteiger partial charge on any atom is -0.348 e. The Morgan fingerprint density at radius 1 is 1.29 bits per heavy atom. The summed E-state index contributed by atoms with van der Waals surface area (Å²) < 4.78 is 0. The zero-order valence-electron chi connectivity index (χ0n) is 8.07. The Labute approximate surface area is 82.9 Å². The van der Waals surface area contributed by atoms with E-state index < -0.39 is 0 Å². The van der Waals surface area contributed by atoms with Crippen LogP contribution in [0, 0.1) is 11.8 Å². The number of nitrogens with zero attached hydrogens (tertiary/aromatic N) is 1. The van der Waals surface area contributed by atoms with E-state index in [1.165, 1.54) is 18.5 Å². The molecule has 1 heterocycles. The summed E-state index contributed by atoms with van der Waals surface area (Å²) in [6, 6.07) is 0. The fourth-order valence-corrected chi connectivity index (χ4v) is 3.12. The summed E-state index contributed by atoms with van der Waals surface area (Å²) in [5, 5.41) is 0. The molecule has 2 fully saturated rings. The molecule has 74 valence electrons. The zero-order valence-corrected chi connectivity index (χ0v) is 8.07. The highest BCUT2D eigenvalue weighted by atomic mass is 16.1. The summed E-state index contributed by atoms with van der Waals surface area (Å²) >= 11 is 0. The van der Waals surface area contributed by atoms with Crippen molar-refractivity contribution < 1.29 is 4.79 Å². The van der Waals surface area contributed by atoms with Gasteiger partial charge in [-0.2, -0.15) is 0 Å². The van der Waals surface area contributed by atoms with E-state index in [4.69, 9.17) is 0 Å². The highest BCUT2D eigenvalue weighted by Gasteiger charge is 2.41. The minimum atomic E-state index is 0.475. The number of imidazole rings is 1. The molecule has 0 spiro atoms. The molecule has 0 bridgehead atoms. The number of hydrogen-bond donors (Lipinski definition) is 1. The number of hydrogen-bond acceptors (Lipinski definition) is 2. The Morgan fingerprint density at radius 3 is 2.57 bits per heavy atom. The number of nitrogens with one attached hydrogen (secondary N) is 1. The summed E-state index contributed by atoms with van der Waals surface area (Å²) in [4.78, 5) is 18.5. The average Bonchev–Trinajstić information content (AvgIpc) is 2.74. The normalized spacial score (nSPS) is 36.3. The standard InChI is InChI=1S/C11H14N2O/c14-10-3-7-1-9(2-8(7)4-10)11-5-12-6-13-11/h5-9H,1-4H2,(H,12,13). The summed E-state index contributed by atoms with van der Waals surface area (Å²) in [5.41, 5.74) is 1.26. The molecular weight excluding hydrogens is 176 g/mol. The first-order chi connectivity index (χ1) is 6.83. The van der Waals surface area contributed by atoms with Crippen LogP contribution in [0.3, 0.4) is 0 Å². The Hall–Kier alpha value is -1.12. The van der Waals surface area contributed by atoms with Gasteiger partial charge in [0.2, 0.25) is 0 Å². The second-order valence-corrected chi connectivity index (χ2v) is 4.64. The molecule has 2 atom stereocenters. The van der Waals surface area contributed by atoms with Crippen LogP contribution >= 0.6 is 0 Å². The van der Waals surface area contributed by atoms with E-state index in [0.29, 0.717) is 23.5 Å². The Morgan fingerprint density at radius 2 is 2.00 bits per heavy atom. The lowest BCUT2D eigenvalue weighted by Gasteiger charge is -2.07. The second-order valence-electron chi connectivity index (χ2n) is 4.64. The Bertz CT molecular complexity index is 328. The monoisotopic (exact) mass is 190 g/mol. The third kappa shape index (κ3) is 1.19. The molecule has 2 unspecified atom stereocenters. The number of aromatic amines is 1. The molecule has 2 saturated carbocycles. The van der Waals surface area contributed by atoms with E-state index in [1.54, 1.807) is 6.33 Å². The summed E-state index contributed by atoms with van der Waals surface area (Å²) in [6.45, 7) is 0. The fraction of sp³-hybridized carbons (Fsp3) is 0.636. The molecule has 2 aliphatic rings. The van der Waals surface area contributed by atoms with Gasteiger partial charge in [0, 0.05) is 30.7 Å². The van der Waals surface area contributed by atoms with Gasteiger partial charge < -0.3 is 4.98 Å². The maximum Gasteiger partial charge on any atom is 0.133 e. The molecular formula is C11H14N2O. The first-order valence-electron chi connectivity index (χ1n) is 5.33. The van der Waals surface area contributed by atoms with Gasteiger partial charge in [0.15, 0.2) is 0 Å². The van der Waals surface area contributed by atoms with E-state index >= 15 is 0 Å². The van der Waals surface area contributed by atoms with Crippen LogP contribution in [0.4, 0.5) is 0 Å². The SMILES string of the molecule is O=C1CC2CC(c3cnc[nH]3)CC2C1. The van der Waals surface area contributed by atoms with Crippen molar-refractivity contribution in [2.75, 3.05) is 0 Å². The van der Waals surface area contributed by atoms with Crippen LogP contribution in [-0.2, 0) is 4.79 Å². The number of rotatable bonds is 1. The van der Waals surface area contributed by atoms with Crippen LogP contribution < -0.4 is 0 Å². The number of aromatic nitrogens is 2. The van der Waals surface area contributed by atoms with Gasteiger partial charge in [-0.15, -0.1) is 0 Å². The molecule has 3 heteroatoms. The van der Waals surface area contributed by atoms with Crippen LogP contribution in [0.5, 0.6) is 0 Å². The van der Waals surface area contributed by atoms with Crippen molar-refractivity contribution in [1.29, 1.82) is 0 Å². The molecule has 0 aromatic carbocycles. The quantitative estimate of drug-likeness (QED) is 0.735. The van der Waals surface area contributed by atoms with Gasteiger partial charge in [-0.3, -0.25) is 4.79 Å². The third-order valence-electron chi connectivity index (χ3n) is 3.78. The van der Waals surface area contributed by atoms with Crippen LogP contribution in [0.2, 0.25) is 0 Å².